The van der Waals surface area contributed by atoms with Crippen LogP contribution in [-0.2, 0) is 38.1 Å². The fourth-order valence-corrected chi connectivity index (χ4v) is 11.2. The topological polar surface area (TPSA) is 206 Å². The average Bonchev–Trinajstić information content (AvgIpc) is 1.72. The summed E-state index contributed by atoms with van der Waals surface area (Å²) < 4.78 is 23.7. The highest BCUT2D eigenvalue weighted by atomic mass is 16.6. The van der Waals surface area contributed by atoms with Gasteiger partial charge in [-0.15, -0.1) is 0 Å². The van der Waals surface area contributed by atoms with E-state index in [0.29, 0.717) is 12.8 Å². The van der Waals surface area contributed by atoms with Crippen molar-refractivity contribution in [3.05, 3.63) is 48.6 Å². The monoisotopic (exact) mass is 1330 g/mol. The lowest BCUT2D eigenvalue weighted by atomic mass is 10.1. The molecule has 0 radical (unpaired) electrons. The summed E-state index contributed by atoms with van der Waals surface area (Å²) in [6, 6.07) is 0. The lowest BCUT2D eigenvalue weighted by molar-refractivity contribution is -0.183. The van der Waals surface area contributed by atoms with Gasteiger partial charge in [-0.25, -0.2) is 0 Å². The van der Waals surface area contributed by atoms with Crippen molar-refractivity contribution in [2.75, 3.05) is 26.4 Å². The Labute approximate surface area is 577 Å². The van der Waals surface area contributed by atoms with Crippen LogP contribution in [0.25, 0.3) is 0 Å². The smallest absolute Gasteiger partial charge is 0.306 e. The van der Waals surface area contributed by atoms with E-state index >= 15 is 0 Å². The fraction of sp³-hybridized carbons (Fsp3) is 0.852. The van der Waals surface area contributed by atoms with E-state index in [1.54, 1.807) is 0 Å². The van der Waals surface area contributed by atoms with Crippen LogP contribution in [0.5, 0.6) is 0 Å². The predicted octanol–water partition coefficient (Wildman–Crippen LogP) is 21.1. The molecule has 0 amide bonds. The standard InChI is InChI=1S/C76H138O8.C5H12O5/c1-5-9-13-17-21-25-29-33-37-41-45-49-53-57-61-65-73(77)81-69-71(83-75(79)67-63-59-55-51-47-43-39-35-31-27-23-19-15-11-7-3)72(84-76(80)68-64-60-56-52-48-44-40-36-32-28-24-20-16-12-8-4)70-82-74(78)66-62-58-54-50-46-42-38-34-30-26-22-18-14-10-6-2;6-1-3(8)5(10)4(9)2-7/h33-40,71-72H,5-32,41-70H2,1-4H3;3-10H,1-2H2/b37-33-,38-34-,39-35-,40-36-;/t71-,72+;3-,4+,5?. The molecule has 0 heterocycles. The molecule has 0 aliphatic carbocycles. The third-order valence-electron chi connectivity index (χ3n) is 17.5. The van der Waals surface area contributed by atoms with Crippen LogP contribution >= 0.6 is 0 Å². The normalized spacial score (nSPS) is 13.4. The van der Waals surface area contributed by atoms with Gasteiger partial charge in [0.25, 0.3) is 0 Å². The molecule has 0 aliphatic heterocycles. The molecule has 13 nitrogen and oxygen atoms in total. The van der Waals surface area contributed by atoms with Gasteiger partial charge in [0.15, 0.2) is 12.2 Å². The van der Waals surface area contributed by atoms with Crippen LogP contribution in [0.3, 0.4) is 0 Å². The number of carbonyl (C=O) groups is 4. The molecular weight excluding hydrogens is 1180 g/mol. The molecule has 5 atom stereocenters. The van der Waals surface area contributed by atoms with Gasteiger partial charge in [-0.2, -0.15) is 0 Å². The molecule has 0 saturated carbocycles. The second-order valence-corrected chi connectivity index (χ2v) is 26.8. The second-order valence-electron chi connectivity index (χ2n) is 26.8. The first-order chi connectivity index (χ1) is 46.0. The van der Waals surface area contributed by atoms with E-state index in [0.717, 1.165) is 141 Å². The van der Waals surface area contributed by atoms with Crippen LogP contribution in [0.4, 0.5) is 0 Å². The summed E-state index contributed by atoms with van der Waals surface area (Å²) in [5, 5.41) is 42.6. The maximum atomic E-state index is 13.6. The summed E-state index contributed by atoms with van der Waals surface area (Å²) >= 11 is 0. The highest BCUT2D eigenvalue weighted by molar-refractivity contribution is 5.72. The third-order valence-corrected chi connectivity index (χ3v) is 17.5. The number of ether oxygens (including phenoxy) is 4. The van der Waals surface area contributed by atoms with Crippen LogP contribution in [0, 0.1) is 0 Å². The highest BCUT2D eigenvalue weighted by Crippen LogP contribution is 2.19. The number of unbranched alkanes of at least 4 members (excludes halogenated alkanes) is 44. The Kier molecular flexibility index (Phi) is 75.9. The van der Waals surface area contributed by atoms with E-state index in [-0.39, 0.29) is 50.8 Å². The summed E-state index contributed by atoms with van der Waals surface area (Å²) in [4.78, 5) is 53.5. The van der Waals surface area contributed by atoms with E-state index in [1.807, 2.05) is 0 Å². The van der Waals surface area contributed by atoms with Gasteiger partial charge >= 0.3 is 23.9 Å². The Bertz CT molecular complexity index is 1610. The number of carbonyl (C=O) groups excluding carboxylic acids is 4. The lowest BCUT2D eigenvalue weighted by Crippen LogP contribution is -2.42. The number of rotatable bonds is 71. The maximum absolute atomic E-state index is 13.6. The number of esters is 4. The number of hydrogen-bond acceptors (Lipinski definition) is 13. The Morgan fingerprint density at radius 1 is 0.266 bits per heavy atom. The van der Waals surface area contributed by atoms with Crippen molar-refractivity contribution in [3.63, 3.8) is 0 Å². The van der Waals surface area contributed by atoms with E-state index in [1.165, 1.54) is 180 Å². The van der Waals surface area contributed by atoms with Crippen molar-refractivity contribution in [1.82, 2.24) is 0 Å². The van der Waals surface area contributed by atoms with Gasteiger partial charge in [0.2, 0.25) is 0 Å². The van der Waals surface area contributed by atoms with Gasteiger partial charge < -0.3 is 44.5 Å². The number of aliphatic hydroxyl groups excluding tert-OH is 5. The van der Waals surface area contributed by atoms with Crippen molar-refractivity contribution >= 4 is 23.9 Å². The molecule has 0 bridgehead atoms. The van der Waals surface area contributed by atoms with Crippen molar-refractivity contribution in [1.29, 1.82) is 0 Å². The first-order valence-corrected chi connectivity index (χ1v) is 39.6. The molecular formula is C81H150O13. The van der Waals surface area contributed by atoms with Crippen LogP contribution in [0.2, 0.25) is 0 Å². The molecule has 0 spiro atoms. The summed E-state index contributed by atoms with van der Waals surface area (Å²) in [6.07, 6.45) is 73.8. The molecule has 1 unspecified atom stereocenters. The van der Waals surface area contributed by atoms with Crippen LogP contribution < -0.4 is 0 Å². The quantitative estimate of drug-likeness (QED) is 0.0167. The minimum Gasteiger partial charge on any atom is -0.462 e. The van der Waals surface area contributed by atoms with Crippen molar-refractivity contribution < 1.29 is 63.7 Å². The molecule has 13 heteroatoms. The van der Waals surface area contributed by atoms with Crippen LogP contribution in [0.1, 0.15) is 387 Å². The summed E-state index contributed by atoms with van der Waals surface area (Å²) in [5.74, 6) is -1.59. The molecule has 0 aromatic heterocycles. The molecule has 94 heavy (non-hydrogen) atoms. The van der Waals surface area contributed by atoms with E-state index < -0.39 is 55.7 Å². The van der Waals surface area contributed by atoms with Crippen LogP contribution in [-0.4, -0.2) is 106 Å². The van der Waals surface area contributed by atoms with Gasteiger partial charge in [-0.05, 0) is 128 Å². The first kappa shape index (κ1) is 92.7. The average molecular weight is 1330 g/mol. The highest BCUT2D eigenvalue weighted by Gasteiger charge is 2.32. The van der Waals surface area contributed by atoms with Gasteiger partial charge in [-0.3, -0.25) is 19.2 Å². The number of aliphatic hydroxyl groups is 5. The Morgan fingerprint density at radius 2 is 0.447 bits per heavy atom. The third kappa shape index (κ3) is 70.0. The molecule has 0 rings (SSSR count). The maximum Gasteiger partial charge on any atom is 0.306 e. The Balaban J connectivity index is 0. The molecule has 5 N–H and O–H groups in total. The molecule has 552 valence electrons. The molecule has 0 aromatic rings. The van der Waals surface area contributed by atoms with Gasteiger partial charge in [0, 0.05) is 25.7 Å². The molecule has 0 saturated heterocycles. The molecule has 0 aromatic carbocycles. The van der Waals surface area contributed by atoms with Gasteiger partial charge in [0.1, 0.15) is 31.5 Å². The number of hydrogen-bond donors (Lipinski definition) is 5. The minimum atomic E-state index is -1.49. The largest absolute Gasteiger partial charge is 0.462 e. The van der Waals surface area contributed by atoms with Gasteiger partial charge in [0.05, 0.1) is 13.2 Å². The molecule has 0 aliphatic rings. The SMILES string of the molecule is CCCCCCCC/C=C\CCCCCCCC(=O)OC[C@H](OC(=O)CCCCCCC/C=C\CCCCCCCC)[C@@H](COC(=O)CCCCCCC/C=C\CCCCCCCC)OC(=O)CCCCCCC/C=C\CCCCCCCC.OC[C@@H](O)C(O)[C@@H](O)CO. The van der Waals surface area contributed by atoms with Gasteiger partial charge in [-0.1, -0.05) is 282 Å². The van der Waals surface area contributed by atoms with E-state index in [9.17, 15) is 19.2 Å². The zero-order chi connectivity index (χ0) is 69.1. The summed E-state index contributed by atoms with van der Waals surface area (Å²) in [5.41, 5.74) is 0. The number of allylic oxidation sites excluding steroid dienone is 8. The lowest BCUT2D eigenvalue weighted by Gasteiger charge is -2.27. The zero-order valence-electron chi connectivity index (χ0n) is 61.4. The second kappa shape index (κ2) is 77.0. The van der Waals surface area contributed by atoms with E-state index in [4.69, 9.17) is 44.5 Å². The Hall–Kier alpha value is -3.36. The van der Waals surface area contributed by atoms with Crippen molar-refractivity contribution in [2.45, 2.75) is 418 Å². The molecule has 0 fully saturated rings. The summed E-state index contributed by atoms with van der Waals surface area (Å²) in [7, 11) is 0. The Morgan fingerprint density at radius 3 is 0.649 bits per heavy atom. The van der Waals surface area contributed by atoms with Crippen molar-refractivity contribution in [2.24, 2.45) is 0 Å². The minimum absolute atomic E-state index is 0.211. The first-order valence-electron chi connectivity index (χ1n) is 39.6. The van der Waals surface area contributed by atoms with Crippen LogP contribution in [0.15, 0.2) is 48.6 Å². The summed E-state index contributed by atoms with van der Waals surface area (Å²) in [6.45, 7) is 7.23. The zero-order valence-corrected chi connectivity index (χ0v) is 61.4. The van der Waals surface area contributed by atoms with E-state index in [2.05, 4.69) is 76.3 Å². The van der Waals surface area contributed by atoms with Crippen molar-refractivity contribution in [3.8, 4) is 0 Å². The predicted molar refractivity (Wildman–Crippen MR) is 392 cm³/mol. The fourth-order valence-electron chi connectivity index (χ4n) is 11.2.